The molecular weight excluding hydrogens is 264 g/mol. The maximum atomic E-state index is 6.06. The van der Waals surface area contributed by atoms with Gasteiger partial charge in [-0.2, -0.15) is 0 Å². The second-order valence-electron chi connectivity index (χ2n) is 4.63. The standard InChI is InChI=1S/C14H22N2S.ClH/c1-4-11(3)13(15)9-16-14(17)12-7-5-10(2)6-8-12;/h5-8,11,13H,4,9,15H2,1-3H3,(H,16,17);1H. The number of benzene rings is 1. The molecule has 0 fully saturated rings. The molecule has 0 bridgehead atoms. The normalized spacial score (nSPS) is 13.3. The van der Waals surface area contributed by atoms with Crippen LogP contribution in [0.3, 0.4) is 0 Å². The van der Waals surface area contributed by atoms with Crippen LogP contribution in [0.15, 0.2) is 24.3 Å². The Morgan fingerprint density at radius 3 is 2.39 bits per heavy atom. The van der Waals surface area contributed by atoms with Crippen molar-refractivity contribution in [3.63, 3.8) is 0 Å². The summed E-state index contributed by atoms with van der Waals surface area (Å²) in [4.78, 5) is 0.781. The zero-order valence-corrected chi connectivity index (χ0v) is 12.9. The smallest absolute Gasteiger partial charge is 0.106 e. The number of thiocarbonyl (C=S) groups is 1. The van der Waals surface area contributed by atoms with Gasteiger partial charge in [0.1, 0.15) is 4.99 Å². The summed E-state index contributed by atoms with van der Waals surface area (Å²) in [6, 6.07) is 8.37. The third-order valence-corrected chi connectivity index (χ3v) is 3.57. The summed E-state index contributed by atoms with van der Waals surface area (Å²) in [7, 11) is 0. The fourth-order valence-electron chi connectivity index (χ4n) is 1.52. The van der Waals surface area contributed by atoms with Gasteiger partial charge in [-0.05, 0) is 12.8 Å². The molecule has 1 rings (SSSR count). The third-order valence-electron chi connectivity index (χ3n) is 3.19. The summed E-state index contributed by atoms with van der Waals surface area (Å²) in [5.41, 5.74) is 8.36. The Labute approximate surface area is 122 Å². The SMILES string of the molecule is CCC(C)C(N)CNC(=S)c1ccc(C)cc1.Cl. The monoisotopic (exact) mass is 286 g/mol. The van der Waals surface area contributed by atoms with Crippen LogP contribution < -0.4 is 11.1 Å². The van der Waals surface area contributed by atoms with E-state index in [1.165, 1.54) is 5.56 Å². The van der Waals surface area contributed by atoms with Gasteiger partial charge in [0, 0.05) is 18.2 Å². The third kappa shape index (κ3) is 5.34. The number of hydrogen-bond donors (Lipinski definition) is 2. The van der Waals surface area contributed by atoms with Crippen LogP contribution in [0.5, 0.6) is 0 Å². The molecule has 2 unspecified atom stereocenters. The van der Waals surface area contributed by atoms with Crippen LogP contribution in [-0.4, -0.2) is 17.6 Å². The molecule has 102 valence electrons. The van der Waals surface area contributed by atoms with Gasteiger partial charge in [0.05, 0.1) is 0 Å². The summed E-state index contributed by atoms with van der Waals surface area (Å²) < 4.78 is 0. The summed E-state index contributed by atoms with van der Waals surface area (Å²) in [6.07, 6.45) is 1.10. The van der Waals surface area contributed by atoms with Crippen LogP contribution in [0, 0.1) is 12.8 Å². The van der Waals surface area contributed by atoms with E-state index in [-0.39, 0.29) is 18.4 Å². The first-order chi connectivity index (χ1) is 8.04. The molecule has 0 aliphatic carbocycles. The largest absolute Gasteiger partial charge is 0.374 e. The molecule has 2 atom stereocenters. The lowest BCUT2D eigenvalue weighted by Gasteiger charge is -2.19. The molecule has 0 aliphatic heterocycles. The van der Waals surface area contributed by atoms with E-state index in [4.69, 9.17) is 18.0 Å². The average Bonchev–Trinajstić information content (AvgIpc) is 2.35. The van der Waals surface area contributed by atoms with Crippen LogP contribution in [0.1, 0.15) is 31.4 Å². The average molecular weight is 287 g/mol. The van der Waals surface area contributed by atoms with E-state index in [1.807, 2.05) is 12.1 Å². The summed E-state index contributed by atoms with van der Waals surface area (Å²) in [5, 5.41) is 3.24. The molecule has 1 aromatic carbocycles. The van der Waals surface area contributed by atoms with Crippen molar-refractivity contribution in [3.05, 3.63) is 35.4 Å². The summed E-state index contributed by atoms with van der Waals surface area (Å²) in [6.45, 7) is 7.13. The zero-order chi connectivity index (χ0) is 12.8. The van der Waals surface area contributed by atoms with Crippen molar-refractivity contribution in [2.24, 2.45) is 11.7 Å². The Morgan fingerprint density at radius 1 is 1.33 bits per heavy atom. The molecular formula is C14H23ClN2S. The van der Waals surface area contributed by atoms with Gasteiger partial charge in [-0.15, -0.1) is 12.4 Å². The van der Waals surface area contributed by atoms with Gasteiger partial charge in [0.2, 0.25) is 0 Å². The number of aryl methyl sites for hydroxylation is 1. The maximum absolute atomic E-state index is 6.06. The number of nitrogens with one attached hydrogen (secondary N) is 1. The molecule has 0 saturated heterocycles. The number of hydrogen-bond acceptors (Lipinski definition) is 2. The Kier molecular flexibility index (Phi) is 8.16. The van der Waals surface area contributed by atoms with Gasteiger partial charge >= 0.3 is 0 Å². The second-order valence-corrected chi connectivity index (χ2v) is 5.03. The van der Waals surface area contributed by atoms with E-state index in [9.17, 15) is 0 Å². The van der Waals surface area contributed by atoms with Crippen LogP contribution in [0.2, 0.25) is 0 Å². The molecule has 0 saturated carbocycles. The summed E-state index contributed by atoms with van der Waals surface area (Å²) >= 11 is 5.34. The molecule has 4 heteroatoms. The number of nitrogens with two attached hydrogens (primary N) is 1. The van der Waals surface area contributed by atoms with Crippen LogP contribution in [0.4, 0.5) is 0 Å². The van der Waals surface area contributed by atoms with Gasteiger partial charge in [-0.1, -0.05) is 62.3 Å². The fraction of sp³-hybridized carbons (Fsp3) is 0.500. The van der Waals surface area contributed by atoms with Crippen molar-refractivity contribution >= 4 is 29.6 Å². The Balaban J connectivity index is 0.00000289. The molecule has 1 aromatic rings. The molecule has 0 amide bonds. The lowest BCUT2D eigenvalue weighted by molar-refractivity contribution is 0.439. The molecule has 2 nitrogen and oxygen atoms in total. The van der Waals surface area contributed by atoms with E-state index in [0.717, 1.165) is 23.5 Å². The van der Waals surface area contributed by atoms with Crippen molar-refractivity contribution in [1.82, 2.24) is 5.32 Å². The highest BCUT2D eigenvalue weighted by atomic mass is 35.5. The quantitative estimate of drug-likeness (QED) is 0.817. The Hall–Kier alpha value is -0.640. The van der Waals surface area contributed by atoms with Crippen LogP contribution >= 0.6 is 24.6 Å². The molecule has 0 spiro atoms. The van der Waals surface area contributed by atoms with Gasteiger partial charge < -0.3 is 11.1 Å². The minimum Gasteiger partial charge on any atom is -0.374 e. The minimum atomic E-state index is 0. The molecule has 0 aromatic heterocycles. The van der Waals surface area contributed by atoms with Crippen LogP contribution in [0.25, 0.3) is 0 Å². The van der Waals surface area contributed by atoms with E-state index in [0.29, 0.717) is 5.92 Å². The molecule has 18 heavy (non-hydrogen) atoms. The highest BCUT2D eigenvalue weighted by Gasteiger charge is 2.11. The predicted octanol–water partition coefficient (Wildman–Crippen LogP) is 3.06. The van der Waals surface area contributed by atoms with Gasteiger partial charge in [-0.25, -0.2) is 0 Å². The zero-order valence-electron chi connectivity index (χ0n) is 11.3. The van der Waals surface area contributed by atoms with Gasteiger partial charge in [0.15, 0.2) is 0 Å². The lowest BCUT2D eigenvalue weighted by atomic mass is 10.00. The topological polar surface area (TPSA) is 38.0 Å². The van der Waals surface area contributed by atoms with Crippen molar-refractivity contribution in [2.75, 3.05) is 6.54 Å². The Bertz CT molecular complexity index is 365. The molecule has 0 heterocycles. The fourth-order valence-corrected chi connectivity index (χ4v) is 1.74. The number of rotatable bonds is 5. The van der Waals surface area contributed by atoms with Crippen LogP contribution in [-0.2, 0) is 0 Å². The van der Waals surface area contributed by atoms with Gasteiger partial charge in [0.25, 0.3) is 0 Å². The molecule has 3 N–H and O–H groups in total. The predicted molar refractivity (Wildman–Crippen MR) is 85.6 cm³/mol. The minimum absolute atomic E-state index is 0. The first-order valence-electron chi connectivity index (χ1n) is 6.15. The number of halogens is 1. The van der Waals surface area contributed by atoms with Crippen molar-refractivity contribution in [3.8, 4) is 0 Å². The molecule has 0 aliphatic rings. The van der Waals surface area contributed by atoms with E-state index in [1.54, 1.807) is 0 Å². The second kappa shape index (κ2) is 8.46. The van der Waals surface area contributed by atoms with Gasteiger partial charge in [-0.3, -0.25) is 0 Å². The first-order valence-corrected chi connectivity index (χ1v) is 6.55. The maximum Gasteiger partial charge on any atom is 0.106 e. The lowest BCUT2D eigenvalue weighted by Crippen LogP contribution is -2.40. The Morgan fingerprint density at radius 2 is 1.89 bits per heavy atom. The van der Waals surface area contributed by atoms with Crippen molar-refractivity contribution in [1.29, 1.82) is 0 Å². The first kappa shape index (κ1) is 17.4. The van der Waals surface area contributed by atoms with E-state index < -0.39 is 0 Å². The summed E-state index contributed by atoms with van der Waals surface area (Å²) in [5.74, 6) is 0.517. The molecule has 0 radical (unpaired) electrons. The van der Waals surface area contributed by atoms with Crippen molar-refractivity contribution < 1.29 is 0 Å². The van der Waals surface area contributed by atoms with E-state index >= 15 is 0 Å². The highest BCUT2D eigenvalue weighted by Crippen LogP contribution is 2.06. The van der Waals surface area contributed by atoms with Crippen molar-refractivity contribution in [2.45, 2.75) is 33.2 Å². The highest BCUT2D eigenvalue weighted by molar-refractivity contribution is 7.80. The van der Waals surface area contributed by atoms with E-state index in [2.05, 4.69) is 38.2 Å².